The standard InChI is InChI=1S/C31H42F2O/c1-3-4-24-7-13-27(14-8-24)28-15-9-25(10-16-28)21-22-34-31(32,33)30-19-17-29(18-20-30)26-11-5-23(2)6-12-26/h9-10,15-20,23-24,26-27H,3-8,11-14,21-22H2,1-2H3/t23-,24-,26-,27-. The van der Waals surface area contributed by atoms with E-state index < -0.39 is 6.11 Å². The average molecular weight is 469 g/mol. The fraction of sp³-hybridized carbons (Fsp3) is 0.613. The summed E-state index contributed by atoms with van der Waals surface area (Å²) in [6.45, 7) is 4.58. The van der Waals surface area contributed by atoms with Crippen molar-refractivity contribution in [3.63, 3.8) is 0 Å². The third kappa shape index (κ3) is 6.68. The molecule has 2 fully saturated rings. The Kier molecular flexibility index (Phi) is 8.80. The molecule has 1 nitrogen and oxygen atoms in total. The van der Waals surface area contributed by atoms with Crippen LogP contribution in [-0.2, 0) is 17.3 Å². The molecule has 34 heavy (non-hydrogen) atoms. The molecule has 0 saturated heterocycles. The van der Waals surface area contributed by atoms with Gasteiger partial charge in [-0.05, 0) is 85.3 Å². The van der Waals surface area contributed by atoms with E-state index in [9.17, 15) is 8.78 Å². The molecule has 4 rings (SSSR count). The van der Waals surface area contributed by atoms with Crippen molar-refractivity contribution in [3.05, 3.63) is 70.8 Å². The van der Waals surface area contributed by atoms with Gasteiger partial charge in [0.2, 0.25) is 0 Å². The number of ether oxygens (including phenoxy) is 1. The molecular weight excluding hydrogens is 426 g/mol. The van der Waals surface area contributed by atoms with Gasteiger partial charge in [0.15, 0.2) is 0 Å². The van der Waals surface area contributed by atoms with E-state index in [2.05, 4.69) is 38.1 Å². The lowest BCUT2D eigenvalue weighted by molar-refractivity contribution is -0.248. The third-order valence-electron chi connectivity index (χ3n) is 8.40. The highest BCUT2D eigenvalue weighted by molar-refractivity contribution is 5.28. The first kappa shape index (κ1) is 25.4. The largest absolute Gasteiger partial charge is 0.383 e. The zero-order valence-electron chi connectivity index (χ0n) is 21.1. The first-order valence-corrected chi connectivity index (χ1v) is 13.7. The van der Waals surface area contributed by atoms with Crippen LogP contribution in [0.3, 0.4) is 0 Å². The van der Waals surface area contributed by atoms with E-state index in [1.54, 1.807) is 12.1 Å². The summed E-state index contributed by atoms with van der Waals surface area (Å²) < 4.78 is 34.4. The maximum Gasteiger partial charge on any atom is 0.383 e. The van der Waals surface area contributed by atoms with Crippen molar-refractivity contribution in [3.8, 4) is 0 Å². The van der Waals surface area contributed by atoms with E-state index in [4.69, 9.17) is 4.74 Å². The van der Waals surface area contributed by atoms with Crippen molar-refractivity contribution in [1.29, 1.82) is 0 Å². The maximum absolute atomic E-state index is 14.7. The molecular formula is C31H42F2O. The molecule has 2 aliphatic rings. The second-order valence-corrected chi connectivity index (χ2v) is 10.9. The molecule has 0 aromatic heterocycles. The lowest BCUT2D eigenvalue weighted by Crippen LogP contribution is -2.20. The average Bonchev–Trinajstić information content (AvgIpc) is 2.86. The van der Waals surface area contributed by atoms with Crippen molar-refractivity contribution >= 4 is 0 Å². The molecule has 2 saturated carbocycles. The van der Waals surface area contributed by atoms with Gasteiger partial charge in [-0.1, -0.05) is 88.1 Å². The second-order valence-electron chi connectivity index (χ2n) is 10.9. The summed E-state index contributed by atoms with van der Waals surface area (Å²) in [6, 6.07) is 15.4. The predicted octanol–water partition coefficient (Wildman–Crippen LogP) is 9.36. The molecule has 2 aromatic carbocycles. The Morgan fingerprint density at radius 2 is 1.29 bits per heavy atom. The number of hydrogen-bond donors (Lipinski definition) is 0. The molecule has 0 radical (unpaired) electrons. The van der Waals surface area contributed by atoms with Gasteiger partial charge in [0.25, 0.3) is 0 Å². The van der Waals surface area contributed by atoms with Crippen LogP contribution in [0.1, 0.15) is 112 Å². The summed E-state index contributed by atoms with van der Waals surface area (Å²) >= 11 is 0. The van der Waals surface area contributed by atoms with Crippen molar-refractivity contribution in [2.24, 2.45) is 11.8 Å². The van der Waals surface area contributed by atoms with Crippen LogP contribution < -0.4 is 0 Å². The molecule has 186 valence electrons. The first-order valence-electron chi connectivity index (χ1n) is 13.7. The van der Waals surface area contributed by atoms with Gasteiger partial charge in [0.05, 0.1) is 12.2 Å². The monoisotopic (exact) mass is 468 g/mol. The molecule has 2 aromatic rings. The fourth-order valence-electron chi connectivity index (χ4n) is 6.07. The highest BCUT2D eigenvalue weighted by atomic mass is 19.3. The van der Waals surface area contributed by atoms with Crippen LogP contribution in [-0.4, -0.2) is 6.61 Å². The Labute approximate surface area is 205 Å². The molecule has 0 aliphatic heterocycles. The van der Waals surface area contributed by atoms with Crippen molar-refractivity contribution in [2.45, 2.75) is 102 Å². The Hall–Kier alpha value is -1.74. The number of rotatable bonds is 9. The summed E-state index contributed by atoms with van der Waals surface area (Å²) in [7, 11) is 0. The van der Waals surface area contributed by atoms with E-state index in [0.29, 0.717) is 18.3 Å². The minimum absolute atomic E-state index is 0.0107. The molecule has 0 spiro atoms. The molecule has 2 aliphatic carbocycles. The zero-order chi connectivity index (χ0) is 24.0. The number of benzene rings is 2. The normalized spacial score (nSPS) is 25.9. The van der Waals surface area contributed by atoms with Crippen LogP contribution in [0.2, 0.25) is 0 Å². The summed E-state index contributed by atoms with van der Waals surface area (Å²) in [5.41, 5.74) is 3.60. The Morgan fingerprint density at radius 1 is 0.765 bits per heavy atom. The minimum atomic E-state index is -3.25. The van der Waals surface area contributed by atoms with E-state index >= 15 is 0 Å². The Balaban J connectivity index is 1.24. The molecule has 3 heteroatoms. The lowest BCUT2D eigenvalue weighted by Gasteiger charge is -2.28. The van der Waals surface area contributed by atoms with Gasteiger partial charge in [0, 0.05) is 0 Å². The van der Waals surface area contributed by atoms with Gasteiger partial charge in [-0.25, -0.2) is 0 Å². The maximum atomic E-state index is 14.7. The molecule has 0 unspecified atom stereocenters. The quantitative estimate of drug-likeness (QED) is 0.356. The summed E-state index contributed by atoms with van der Waals surface area (Å²) in [5, 5.41) is 0. The van der Waals surface area contributed by atoms with Gasteiger partial charge in [-0.15, -0.1) is 0 Å². The Morgan fingerprint density at radius 3 is 1.85 bits per heavy atom. The molecule has 0 amide bonds. The molecule has 0 atom stereocenters. The lowest BCUT2D eigenvalue weighted by atomic mass is 9.77. The van der Waals surface area contributed by atoms with Gasteiger partial charge in [-0.2, -0.15) is 8.78 Å². The number of halogens is 2. The Bertz CT molecular complexity index is 857. The van der Waals surface area contributed by atoms with E-state index in [-0.39, 0.29) is 12.2 Å². The fourth-order valence-corrected chi connectivity index (χ4v) is 6.07. The van der Waals surface area contributed by atoms with Crippen molar-refractivity contribution in [1.82, 2.24) is 0 Å². The van der Waals surface area contributed by atoms with Crippen LogP contribution >= 0.6 is 0 Å². The van der Waals surface area contributed by atoms with Crippen LogP contribution in [0, 0.1) is 11.8 Å². The highest BCUT2D eigenvalue weighted by Crippen LogP contribution is 2.38. The molecule has 0 N–H and O–H groups in total. The number of alkyl halides is 2. The van der Waals surface area contributed by atoms with Gasteiger partial charge >= 0.3 is 6.11 Å². The van der Waals surface area contributed by atoms with Crippen LogP contribution in [0.5, 0.6) is 0 Å². The SMILES string of the molecule is CCC[C@H]1CC[C@H](c2ccc(CCOC(F)(F)c3ccc([C@H]4CC[C@H](C)CC4)cc3)cc2)CC1. The van der Waals surface area contributed by atoms with Crippen molar-refractivity contribution in [2.75, 3.05) is 6.61 Å². The highest BCUT2D eigenvalue weighted by Gasteiger charge is 2.33. The third-order valence-corrected chi connectivity index (χ3v) is 8.40. The summed E-state index contributed by atoms with van der Waals surface area (Å²) in [5.74, 6) is 2.86. The van der Waals surface area contributed by atoms with Gasteiger partial charge in [-0.3, -0.25) is 0 Å². The molecule has 0 heterocycles. The van der Waals surface area contributed by atoms with Crippen LogP contribution in [0.25, 0.3) is 0 Å². The summed E-state index contributed by atoms with van der Waals surface area (Å²) in [6.07, 6.45) is 9.90. The predicted molar refractivity (Wildman–Crippen MR) is 136 cm³/mol. The van der Waals surface area contributed by atoms with E-state index in [0.717, 1.165) is 30.2 Å². The first-order chi connectivity index (χ1) is 16.4. The van der Waals surface area contributed by atoms with Crippen LogP contribution in [0.15, 0.2) is 48.5 Å². The molecule has 0 bridgehead atoms. The summed E-state index contributed by atoms with van der Waals surface area (Å²) in [4.78, 5) is 0. The smallest absolute Gasteiger partial charge is 0.316 e. The topological polar surface area (TPSA) is 9.23 Å². The van der Waals surface area contributed by atoms with E-state index in [1.807, 2.05) is 12.1 Å². The van der Waals surface area contributed by atoms with Crippen LogP contribution in [0.4, 0.5) is 8.78 Å². The van der Waals surface area contributed by atoms with E-state index in [1.165, 1.54) is 62.5 Å². The van der Waals surface area contributed by atoms with Crippen molar-refractivity contribution < 1.29 is 13.5 Å². The van der Waals surface area contributed by atoms with Gasteiger partial charge in [0.1, 0.15) is 0 Å². The number of hydrogen-bond acceptors (Lipinski definition) is 1. The zero-order valence-corrected chi connectivity index (χ0v) is 21.1. The minimum Gasteiger partial charge on any atom is -0.316 e. The second kappa shape index (κ2) is 11.8. The van der Waals surface area contributed by atoms with Gasteiger partial charge < -0.3 is 4.74 Å².